The summed E-state index contributed by atoms with van der Waals surface area (Å²) in [5.41, 5.74) is 9.11. The van der Waals surface area contributed by atoms with Gasteiger partial charge in [-0.05, 0) is 23.5 Å². The molecule has 1 heterocycles. The van der Waals surface area contributed by atoms with E-state index in [2.05, 4.69) is 31.0 Å². The zero-order valence-corrected chi connectivity index (χ0v) is 11.2. The molecule has 2 rings (SSSR count). The molecule has 2 aromatic rings. The summed E-state index contributed by atoms with van der Waals surface area (Å²) in [5, 5.41) is 17.1. The lowest BCUT2D eigenvalue weighted by Crippen LogP contribution is -2.12. The monoisotopic (exact) mass is 245 g/mol. The molecule has 0 aliphatic carbocycles. The van der Waals surface area contributed by atoms with Crippen molar-refractivity contribution in [2.75, 3.05) is 5.73 Å². The highest BCUT2D eigenvalue weighted by Gasteiger charge is 2.23. The van der Waals surface area contributed by atoms with Crippen molar-refractivity contribution in [1.82, 2.24) is 10.2 Å². The lowest BCUT2D eigenvalue weighted by molar-refractivity contribution is 0.448. The molecule has 4 N–H and O–H groups in total. The number of nitrogens with zero attached hydrogens (tertiary/aromatic N) is 1. The smallest absolute Gasteiger partial charge is 0.127 e. The van der Waals surface area contributed by atoms with Crippen molar-refractivity contribution in [2.24, 2.45) is 0 Å². The Morgan fingerprint density at radius 2 is 1.94 bits per heavy atom. The summed E-state index contributed by atoms with van der Waals surface area (Å²) in [5.74, 6) is 0.759. The largest absolute Gasteiger partial charge is 0.507 e. The van der Waals surface area contributed by atoms with Crippen LogP contribution in [0.4, 0.5) is 5.82 Å². The van der Waals surface area contributed by atoms with Crippen LogP contribution in [0.3, 0.4) is 0 Å². The number of anilines is 1. The third kappa shape index (κ3) is 1.94. The Balaban J connectivity index is 2.72. The second kappa shape index (κ2) is 4.05. The number of phenols is 1. The average molecular weight is 245 g/mol. The normalized spacial score (nSPS) is 11.8. The topological polar surface area (TPSA) is 74.9 Å². The lowest BCUT2D eigenvalue weighted by Gasteiger charge is -2.22. The maximum Gasteiger partial charge on any atom is 0.127 e. The second-order valence-corrected chi connectivity index (χ2v) is 5.60. The zero-order chi connectivity index (χ0) is 13.5. The molecule has 0 fully saturated rings. The molecule has 4 nitrogen and oxygen atoms in total. The predicted octanol–water partition coefficient (Wildman–Crippen LogP) is 2.97. The fourth-order valence-corrected chi connectivity index (χ4v) is 2.13. The van der Waals surface area contributed by atoms with E-state index in [1.54, 1.807) is 6.20 Å². The molecule has 0 saturated heterocycles. The van der Waals surface area contributed by atoms with Crippen molar-refractivity contribution in [2.45, 2.75) is 33.1 Å². The number of aromatic hydroxyl groups is 1. The van der Waals surface area contributed by atoms with Crippen molar-refractivity contribution in [3.8, 4) is 16.9 Å². The summed E-state index contributed by atoms with van der Waals surface area (Å²) < 4.78 is 0. The number of benzene rings is 1. The van der Waals surface area contributed by atoms with Crippen LogP contribution >= 0.6 is 0 Å². The minimum absolute atomic E-state index is 0.120. The van der Waals surface area contributed by atoms with Crippen LogP contribution in [-0.2, 0) is 5.41 Å². The van der Waals surface area contributed by atoms with Gasteiger partial charge in [-0.25, -0.2) is 0 Å². The van der Waals surface area contributed by atoms with E-state index in [9.17, 15) is 5.11 Å². The van der Waals surface area contributed by atoms with E-state index < -0.39 is 0 Å². The van der Waals surface area contributed by atoms with Crippen molar-refractivity contribution in [3.05, 3.63) is 29.5 Å². The first-order chi connectivity index (χ1) is 8.32. The maximum absolute atomic E-state index is 10.5. The summed E-state index contributed by atoms with van der Waals surface area (Å²) in [6.45, 7) is 8.16. The van der Waals surface area contributed by atoms with Crippen molar-refractivity contribution < 1.29 is 5.11 Å². The summed E-state index contributed by atoms with van der Waals surface area (Å²) in [6, 6.07) is 3.96. The fraction of sp³-hybridized carbons (Fsp3) is 0.357. The highest BCUT2D eigenvalue weighted by molar-refractivity contribution is 5.81. The number of nitrogen functional groups attached to an aromatic ring is 1. The predicted molar refractivity (Wildman–Crippen MR) is 73.5 cm³/mol. The van der Waals surface area contributed by atoms with Gasteiger partial charge in [0.25, 0.3) is 0 Å². The number of nitrogens with two attached hydrogens (primary N) is 1. The van der Waals surface area contributed by atoms with E-state index in [1.807, 2.05) is 19.1 Å². The van der Waals surface area contributed by atoms with Crippen LogP contribution in [0.1, 0.15) is 31.9 Å². The third-order valence-electron chi connectivity index (χ3n) is 3.13. The van der Waals surface area contributed by atoms with Gasteiger partial charge >= 0.3 is 0 Å². The van der Waals surface area contributed by atoms with Gasteiger partial charge in [0.15, 0.2) is 0 Å². The Kier molecular flexibility index (Phi) is 2.81. The van der Waals surface area contributed by atoms with Crippen molar-refractivity contribution in [1.29, 1.82) is 0 Å². The van der Waals surface area contributed by atoms with E-state index in [1.165, 1.54) is 0 Å². The number of H-pyrrole nitrogens is 1. The molecule has 0 amide bonds. The Bertz CT molecular complexity index is 579. The Hall–Kier alpha value is -1.97. The van der Waals surface area contributed by atoms with E-state index in [0.717, 1.165) is 22.3 Å². The zero-order valence-electron chi connectivity index (χ0n) is 11.2. The number of aromatic amines is 1. The third-order valence-corrected chi connectivity index (χ3v) is 3.13. The van der Waals surface area contributed by atoms with E-state index in [4.69, 9.17) is 5.73 Å². The van der Waals surface area contributed by atoms with Crippen LogP contribution in [-0.4, -0.2) is 15.3 Å². The van der Waals surface area contributed by atoms with Crippen LogP contribution in [0.5, 0.6) is 5.75 Å². The minimum atomic E-state index is -0.120. The number of aryl methyl sites for hydroxylation is 1. The molecule has 0 unspecified atom stereocenters. The van der Waals surface area contributed by atoms with Gasteiger partial charge in [-0.1, -0.05) is 32.9 Å². The number of rotatable bonds is 1. The molecular weight excluding hydrogens is 226 g/mol. The lowest BCUT2D eigenvalue weighted by atomic mass is 9.83. The average Bonchev–Trinajstić information content (AvgIpc) is 2.63. The van der Waals surface area contributed by atoms with Crippen molar-refractivity contribution in [3.63, 3.8) is 0 Å². The van der Waals surface area contributed by atoms with Gasteiger partial charge in [0.1, 0.15) is 11.6 Å². The molecule has 0 bridgehead atoms. The molecule has 0 aliphatic heterocycles. The molecule has 0 atom stereocenters. The second-order valence-electron chi connectivity index (χ2n) is 5.60. The molecule has 0 radical (unpaired) electrons. The highest BCUT2D eigenvalue weighted by atomic mass is 16.3. The first kappa shape index (κ1) is 12.5. The SMILES string of the molecule is Cc1ccc(C(C)(C)C)c(O)c1-c1cn[nH]c1N. The van der Waals surface area contributed by atoms with Crippen LogP contribution < -0.4 is 5.73 Å². The number of hydrogen-bond acceptors (Lipinski definition) is 3. The number of hydrogen-bond donors (Lipinski definition) is 3. The van der Waals surface area contributed by atoms with Crippen LogP contribution in [0, 0.1) is 6.92 Å². The first-order valence-corrected chi connectivity index (χ1v) is 5.94. The van der Waals surface area contributed by atoms with Gasteiger partial charge in [0.05, 0.1) is 6.20 Å². The molecule has 18 heavy (non-hydrogen) atoms. The Morgan fingerprint density at radius 1 is 1.28 bits per heavy atom. The van der Waals surface area contributed by atoms with E-state index in [0.29, 0.717) is 5.82 Å². The number of aromatic nitrogens is 2. The van der Waals surface area contributed by atoms with Gasteiger partial charge in [-0.2, -0.15) is 5.10 Å². The summed E-state index contributed by atoms with van der Waals surface area (Å²) in [7, 11) is 0. The first-order valence-electron chi connectivity index (χ1n) is 5.94. The van der Waals surface area contributed by atoms with Crippen molar-refractivity contribution >= 4 is 5.82 Å². The molecule has 1 aromatic carbocycles. The van der Waals surface area contributed by atoms with Gasteiger partial charge in [0, 0.05) is 11.1 Å². The molecule has 0 saturated carbocycles. The van der Waals surface area contributed by atoms with E-state index >= 15 is 0 Å². The van der Waals surface area contributed by atoms with Gasteiger partial charge < -0.3 is 10.8 Å². The van der Waals surface area contributed by atoms with Gasteiger partial charge in [-0.15, -0.1) is 0 Å². The number of phenolic OH excluding ortho intramolecular Hbond substituents is 1. The Morgan fingerprint density at radius 3 is 2.44 bits per heavy atom. The molecule has 4 heteroatoms. The van der Waals surface area contributed by atoms with Crippen LogP contribution in [0.15, 0.2) is 18.3 Å². The fourth-order valence-electron chi connectivity index (χ4n) is 2.13. The van der Waals surface area contributed by atoms with Crippen LogP contribution in [0.25, 0.3) is 11.1 Å². The molecular formula is C14H19N3O. The number of nitrogens with one attached hydrogen (secondary N) is 1. The van der Waals surface area contributed by atoms with Gasteiger partial charge in [0.2, 0.25) is 0 Å². The standard InChI is InChI=1S/C14H19N3O/c1-8-5-6-10(14(2,3)4)12(18)11(8)9-7-16-17-13(9)15/h5-7,18H,1-4H3,(H3,15,16,17). The summed E-state index contributed by atoms with van der Waals surface area (Å²) >= 11 is 0. The molecule has 96 valence electrons. The summed E-state index contributed by atoms with van der Waals surface area (Å²) in [4.78, 5) is 0. The summed E-state index contributed by atoms with van der Waals surface area (Å²) in [6.07, 6.45) is 1.64. The highest BCUT2D eigenvalue weighted by Crippen LogP contribution is 2.41. The molecule has 0 aliphatic rings. The molecule has 1 aromatic heterocycles. The minimum Gasteiger partial charge on any atom is -0.507 e. The van der Waals surface area contributed by atoms with E-state index in [-0.39, 0.29) is 11.2 Å². The molecule has 0 spiro atoms. The van der Waals surface area contributed by atoms with Gasteiger partial charge in [-0.3, -0.25) is 5.10 Å². The Labute approximate surface area is 107 Å². The quantitative estimate of drug-likeness (QED) is 0.723. The maximum atomic E-state index is 10.5. The van der Waals surface area contributed by atoms with Crippen LogP contribution in [0.2, 0.25) is 0 Å².